The summed E-state index contributed by atoms with van der Waals surface area (Å²) in [5.74, 6) is 3.53. The van der Waals surface area contributed by atoms with E-state index in [-0.39, 0.29) is 12.0 Å². The Hall–Kier alpha value is -2.61. The molecule has 0 spiro atoms. The maximum atomic E-state index is 11.7. The SMILES string of the molecule is Cc1ccc2c(c1C#CCC(N)=O)C(=O)C(=O)N2. The number of rotatable bonds is 1. The van der Waals surface area contributed by atoms with E-state index in [2.05, 4.69) is 17.2 Å². The maximum absolute atomic E-state index is 11.7. The molecule has 1 aliphatic heterocycles. The van der Waals surface area contributed by atoms with Crippen LogP contribution in [0.1, 0.15) is 27.9 Å². The van der Waals surface area contributed by atoms with E-state index in [1.165, 1.54) is 0 Å². The Labute approximate surface area is 103 Å². The number of hydrogen-bond acceptors (Lipinski definition) is 3. The average Bonchev–Trinajstić information content (AvgIpc) is 2.58. The van der Waals surface area contributed by atoms with Crippen LogP contribution >= 0.6 is 0 Å². The number of hydrogen-bond donors (Lipinski definition) is 2. The van der Waals surface area contributed by atoms with Crippen molar-refractivity contribution in [1.29, 1.82) is 0 Å². The Bertz CT molecular complexity index is 636. The molecule has 3 N–H and O–H groups in total. The molecule has 0 aliphatic carbocycles. The second kappa shape index (κ2) is 4.34. The number of ketones is 1. The van der Waals surface area contributed by atoms with Crippen molar-refractivity contribution in [2.75, 3.05) is 5.32 Å². The summed E-state index contributed by atoms with van der Waals surface area (Å²) in [7, 11) is 0. The highest BCUT2D eigenvalue weighted by Crippen LogP contribution is 2.28. The van der Waals surface area contributed by atoms with Gasteiger partial charge in [-0.2, -0.15) is 0 Å². The van der Waals surface area contributed by atoms with Gasteiger partial charge in [0.1, 0.15) is 0 Å². The number of primary amides is 1. The predicted octanol–water partition coefficient (Wildman–Crippen LogP) is 0.357. The number of aryl methyl sites for hydroxylation is 1. The number of nitrogens with one attached hydrogen (secondary N) is 1. The summed E-state index contributed by atoms with van der Waals surface area (Å²) in [6.45, 7) is 1.78. The summed E-state index contributed by atoms with van der Waals surface area (Å²) >= 11 is 0. The maximum Gasteiger partial charge on any atom is 0.296 e. The predicted molar refractivity (Wildman–Crippen MR) is 64.8 cm³/mol. The molecule has 0 atom stereocenters. The van der Waals surface area contributed by atoms with Crippen LogP contribution < -0.4 is 11.1 Å². The number of fused-ring (bicyclic) bond motifs is 1. The number of carbonyl (C=O) groups is 3. The second-order valence-electron chi connectivity index (χ2n) is 3.91. The average molecular weight is 242 g/mol. The molecule has 0 saturated carbocycles. The second-order valence-corrected chi connectivity index (χ2v) is 3.91. The zero-order valence-corrected chi connectivity index (χ0v) is 9.66. The molecular formula is C13H10N2O3. The van der Waals surface area contributed by atoms with E-state index in [0.717, 1.165) is 5.56 Å². The van der Waals surface area contributed by atoms with E-state index < -0.39 is 17.6 Å². The fourth-order valence-electron chi connectivity index (χ4n) is 1.72. The number of carbonyl (C=O) groups excluding carboxylic acids is 3. The first-order valence-corrected chi connectivity index (χ1v) is 5.27. The molecule has 18 heavy (non-hydrogen) atoms. The van der Waals surface area contributed by atoms with Crippen LogP contribution in [-0.2, 0) is 9.59 Å². The van der Waals surface area contributed by atoms with Gasteiger partial charge in [0.25, 0.3) is 11.7 Å². The van der Waals surface area contributed by atoms with Crippen LogP contribution in [0, 0.1) is 18.8 Å². The fourth-order valence-corrected chi connectivity index (χ4v) is 1.72. The Morgan fingerprint density at radius 1 is 1.39 bits per heavy atom. The molecular weight excluding hydrogens is 232 g/mol. The van der Waals surface area contributed by atoms with Crippen LogP contribution in [-0.4, -0.2) is 17.6 Å². The quantitative estimate of drug-likeness (QED) is 0.550. The first kappa shape index (κ1) is 11.9. The number of amides is 2. The molecule has 0 bridgehead atoms. The third-order valence-electron chi connectivity index (χ3n) is 2.57. The molecule has 90 valence electrons. The topological polar surface area (TPSA) is 89.3 Å². The highest BCUT2D eigenvalue weighted by molar-refractivity contribution is 6.52. The van der Waals surface area contributed by atoms with Gasteiger partial charge in [0.15, 0.2) is 0 Å². The minimum Gasteiger partial charge on any atom is -0.369 e. The van der Waals surface area contributed by atoms with E-state index in [1.807, 2.05) is 0 Å². The van der Waals surface area contributed by atoms with E-state index in [9.17, 15) is 14.4 Å². The minimum atomic E-state index is -0.659. The molecule has 1 heterocycles. The summed E-state index contributed by atoms with van der Waals surface area (Å²) in [6.07, 6.45) is -0.0846. The lowest BCUT2D eigenvalue weighted by Crippen LogP contribution is -2.13. The minimum absolute atomic E-state index is 0.0846. The molecule has 5 heteroatoms. The van der Waals surface area contributed by atoms with Crippen molar-refractivity contribution >= 4 is 23.3 Å². The Kier molecular flexibility index (Phi) is 2.86. The van der Waals surface area contributed by atoms with Crippen molar-refractivity contribution in [3.05, 3.63) is 28.8 Å². The van der Waals surface area contributed by atoms with Gasteiger partial charge < -0.3 is 11.1 Å². The zero-order valence-electron chi connectivity index (χ0n) is 9.66. The lowest BCUT2D eigenvalue weighted by molar-refractivity contribution is -0.117. The molecule has 0 unspecified atom stereocenters. The van der Waals surface area contributed by atoms with Gasteiger partial charge in [0, 0.05) is 5.56 Å². The normalized spacial score (nSPS) is 12.5. The van der Waals surface area contributed by atoms with Crippen LogP contribution in [0.15, 0.2) is 12.1 Å². The largest absolute Gasteiger partial charge is 0.369 e. The molecule has 2 rings (SSSR count). The molecule has 5 nitrogen and oxygen atoms in total. The van der Waals surface area contributed by atoms with E-state index in [1.54, 1.807) is 19.1 Å². The number of Topliss-reactive ketones (excluding diaryl/α,β-unsaturated/α-hetero) is 1. The molecule has 1 aromatic rings. The van der Waals surface area contributed by atoms with Crippen molar-refractivity contribution in [2.45, 2.75) is 13.3 Å². The Morgan fingerprint density at radius 2 is 2.11 bits per heavy atom. The lowest BCUT2D eigenvalue weighted by atomic mass is 9.99. The number of anilines is 1. The molecule has 0 fully saturated rings. The van der Waals surface area contributed by atoms with Crippen LogP contribution in [0.4, 0.5) is 5.69 Å². The van der Waals surface area contributed by atoms with E-state index in [0.29, 0.717) is 11.3 Å². The van der Waals surface area contributed by atoms with Crippen LogP contribution in [0.5, 0.6) is 0 Å². The van der Waals surface area contributed by atoms with Gasteiger partial charge in [-0.1, -0.05) is 17.9 Å². The van der Waals surface area contributed by atoms with Gasteiger partial charge in [-0.25, -0.2) is 0 Å². The van der Waals surface area contributed by atoms with E-state index >= 15 is 0 Å². The summed E-state index contributed by atoms with van der Waals surface area (Å²) in [4.78, 5) is 33.6. The number of nitrogens with two attached hydrogens (primary N) is 1. The van der Waals surface area contributed by atoms with Gasteiger partial charge in [0.2, 0.25) is 5.91 Å². The van der Waals surface area contributed by atoms with Gasteiger partial charge in [-0.05, 0) is 18.6 Å². The van der Waals surface area contributed by atoms with Gasteiger partial charge >= 0.3 is 0 Å². The van der Waals surface area contributed by atoms with Gasteiger partial charge in [-0.3, -0.25) is 14.4 Å². The molecule has 0 saturated heterocycles. The monoisotopic (exact) mass is 242 g/mol. The first-order chi connectivity index (χ1) is 8.50. The summed E-state index contributed by atoms with van der Waals surface area (Å²) < 4.78 is 0. The molecule has 0 aromatic heterocycles. The third-order valence-corrected chi connectivity index (χ3v) is 2.57. The summed E-state index contributed by atoms with van der Waals surface area (Å²) in [5, 5.41) is 2.47. The standard InChI is InChI=1S/C13H10N2O3/c1-7-5-6-9-11(12(17)13(18)15-9)8(7)3-2-4-10(14)16/h5-6H,4H2,1H3,(H2,14,16)(H,15,17,18). The van der Waals surface area contributed by atoms with Crippen molar-refractivity contribution in [1.82, 2.24) is 0 Å². The number of benzene rings is 1. The van der Waals surface area contributed by atoms with Crippen LogP contribution in [0.25, 0.3) is 0 Å². The molecule has 0 radical (unpaired) electrons. The van der Waals surface area contributed by atoms with Crippen molar-refractivity contribution < 1.29 is 14.4 Å². The lowest BCUT2D eigenvalue weighted by Gasteiger charge is -2.03. The third kappa shape index (κ3) is 1.96. The van der Waals surface area contributed by atoms with Gasteiger partial charge in [-0.15, -0.1) is 0 Å². The van der Waals surface area contributed by atoms with Crippen LogP contribution in [0.3, 0.4) is 0 Å². The van der Waals surface area contributed by atoms with Crippen molar-refractivity contribution in [2.24, 2.45) is 5.73 Å². The molecule has 1 aliphatic rings. The van der Waals surface area contributed by atoms with Crippen molar-refractivity contribution in [3.8, 4) is 11.8 Å². The highest BCUT2D eigenvalue weighted by Gasteiger charge is 2.30. The van der Waals surface area contributed by atoms with E-state index in [4.69, 9.17) is 5.73 Å². The van der Waals surface area contributed by atoms with Gasteiger partial charge in [0.05, 0.1) is 17.7 Å². The summed E-state index contributed by atoms with van der Waals surface area (Å²) in [5.41, 5.74) is 6.96. The first-order valence-electron chi connectivity index (χ1n) is 5.27. The molecule has 2 amide bonds. The zero-order chi connectivity index (χ0) is 13.3. The highest BCUT2D eigenvalue weighted by atomic mass is 16.2. The van der Waals surface area contributed by atoms with Crippen molar-refractivity contribution in [3.63, 3.8) is 0 Å². The Balaban J connectivity index is 2.51. The Morgan fingerprint density at radius 3 is 2.78 bits per heavy atom. The van der Waals surface area contributed by atoms with Crippen LogP contribution in [0.2, 0.25) is 0 Å². The fraction of sp³-hybridized carbons (Fsp3) is 0.154. The smallest absolute Gasteiger partial charge is 0.296 e. The summed E-state index contributed by atoms with van der Waals surface area (Å²) in [6, 6.07) is 3.42. The molecule has 1 aromatic carbocycles.